The van der Waals surface area contributed by atoms with E-state index in [4.69, 9.17) is 0 Å². The maximum Gasteiger partial charge on any atom is 0.0636 e. The van der Waals surface area contributed by atoms with Gasteiger partial charge < -0.3 is 0 Å². The van der Waals surface area contributed by atoms with Crippen LogP contribution in [0.4, 0.5) is 0 Å². The van der Waals surface area contributed by atoms with Crippen molar-refractivity contribution in [3.8, 4) is 55.6 Å². The average Bonchev–Trinajstić information content (AvgIpc) is 3.71. The van der Waals surface area contributed by atoms with Gasteiger partial charge in [-0.05, 0) is 107 Å². The molecule has 2 aliphatic carbocycles. The van der Waals surface area contributed by atoms with Crippen LogP contribution in [0.2, 0.25) is 0 Å². The molecule has 8 aromatic carbocycles. The molecule has 0 radical (unpaired) electrons. The van der Waals surface area contributed by atoms with Crippen LogP contribution in [0, 0.1) is 0 Å². The van der Waals surface area contributed by atoms with Gasteiger partial charge in [-0.25, -0.2) is 0 Å². The predicted octanol–water partition coefficient (Wildman–Crippen LogP) is 13.0. The monoisotopic (exact) mass is 636 g/mol. The Morgan fingerprint density at radius 3 is 1.22 bits per heavy atom. The van der Waals surface area contributed by atoms with Crippen LogP contribution in [0.3, 0.4) is 0 Å². The van der Waals surface area contributed by atoms with Crippen molar-refractivity contribution < 1.29 is 2.74 Å². The van der Waals surface area contributed by atoms with Gasteiger partial charge in [-0.2, -0.15) is 0 Å². The molecular weight excluding hydrogens is 601 g/mol. The Balaban J connectivity index is 1.27. The molecule has 50 heavy (non-hydrogen) atoms. The van der Waals surface area contributed by atoms with Gasteiger partial charge in [0.05, 0.1) is 2.74 Å². The van der Waals surface area contributed by atoms with Crippen molar-refractivity contribution in [2.45, 2.75) is 11.8 Å². The minimum atomic E-state index is -0.174. The quantitative estimate of drug-likeness (QED) is 0.176. The Morgan fingerprint density at radius 2 is 0.700 bits per heavy atom. The average molecular weight is 637 g/mol. The Hall–Kier alpha value is -6.24. The predicted molar refractivity (Wildman–Crippen MR) is 208 cm³/mol. The van der Waals surface area contributed by atoms with Crippen LogP contribution < -0.4 is 0 Å². The SMILES string of the molecule is [2H]c1c(-c2ccccc2)c([2H])c(-c2ccccc2)c(C2c3ccccc3-c3cc(C4c5ccccc5-c5ccccc54)ccc32)c1-c1ccccc1. The van der Waals surface area contributed by atoms with Gasteiger partial charge in [0.15, 0.2) is 0 Å². The smallest absolute Gasteiger partial charge is 0.0622 e. The maximum absolute atomic E-state index is 9.96. The van der Waals surface area contributed by atoms with Gasteiger partial charge in [0.2, 0.25) is 0 Å². The summed E-state index contributed by atoms with van der Waals surface area (Å²) in [5, 5.41) is 0. The molecule has 0 spiro atoms. The van der Waals surface area contributed by atoms with Crippen LogP contribution in [0.5, 0.6) is 0 Å². The summed E-state index contributed by atoms with van der Waals surface area (Å²) in [5.74, 6) is -0.0275. The molecule has 0 fully saturated rings. The van der Waals surface area contributed by atoms with E-state index in [1.807, 2.05) is 42.5 Å². The first-order valence-electron chi connectivity index (χ1n) is 18.4. The Labute approximate surface area is 296 Å². The fourth-order valence-electron chi connectivity index (χ4n) is 8.47. The van der Waals surface area contributed by atoms with Crippen molar-refractivity contribution in [1.82, 2.24) is 0 Å². The number of benzene rings is 8. The molecule has 0 heteroatoms. The number of hydrogen-bond acceptors (Lipinski definition) is 0. The summed E-state index contributed by atoms with van der Waals surface area (Å²) in [6, 6.07) is 65.0. The molecule has 0 saturated heterocycles. The van der Waals surface area contributed by atoms with Gasteiger partial charge in [-0.3, -0.25) is 0 Å². The molecular formula is C50H34. The van der Waals surface area contributed by atoms with E-state index in [9.17, 15) is 2.74 Å². The Morgan fingerprint density at radius 1 is 0.300 bits per heavy atom. The third-order valence-corrected chi connectivity index (χ3v) is 10.6. The number of rotatable bonds is 5. The van der Waals surface area contributed by atoms with E-state index in [0.29, 0.717) is 17.6 Å². The van der Waals surface area contributed by atoms with Gasteiger partial charge in [0.1, 0.15) is 0 Å². The molecule has 2 aliphatic rings. The van der Waals surface area contributed by atoms with E-state index in [-0.39, 0.29) is 11.8 Å². The summed E-state index contributed by atoms with van der Waals surface area (Å²) in [4.78, 5) is 0. The van der Waals surface area contributed by atoms with Gasteiger partial charge in [-0.1, -0.05) is 176 Å². The lowest BCUT2D eigenvalue weighted by atomic mass is 9.78. The second kappa shape index (κ2) is 11.7. The first kappa shape index (κ1) is 26.7. The first-order chi connectivity index (χ1) is 25.7. The minimum Gasteiger partial charge on any atom is -0.0622 e. The molecule has 234 valence electrons. The summed E-state index contributed by atoms with van der Waals surface area (Å²) >= 11 is 0. The largest absolute Gasteiger partial charge is 0.0636 e. The molecule has 0 nitrogen and oxygen atoms in total. The second-order valence-electron chi connectivity index (χ2n) is 13.4. The summed E-state index contributed by atoms with van der Waals surface area (Å²) in [6.07, 6.45) is 0. The first-order valence-corrected chi connectivity index (χ1v) is 17.4. The zero-order valence-electron chi connectivity index (χ0n) is 29.5. The van der Waals surface area contributed by atoms with Crippen LogP contribution in [-0.4, -0.2) is 0 Å². The third kappa shape index (κ3) is 4.53. The van der Waals surface area contributed by atoms with Gasteiger partial charge in [-0.15, -0.1) is 0 Å². The van der Waals surface area contributed by atoms with Crippen molar-refractivity contribution in [3.63, 3.8) is 0 Å². The minimum absolute atomic E-state index is 0.147. The lowest BCUT2D eigenvalue weighted by Gasteiger charge is -2.25. The molecule has 0 saturated carbocycles. The molecule has 0 aliphatic heterocycles. The van der Waals surface area contributed by atoms with E-state index in [1.165, 1.54) is 50.1 Å². The van der Waals surface area contributed by atoms with Crippen LogP contribution in [0.1, 0.15) is 48.0 Å². The molecule has 0 heterocycles. The highest BCUT2D eigenvalue weighted by atomic mass is 14.4. The summed E-state index contributed by atoms with van der Waals surface area (Å²) in [6.45, 7) is 0. The number of fused-ring (bicyclic) bond motifs is 6. The lowest BCUT2D eigenvalue weighted by Crippen LogP contribution is -2.06. The number of hydrogen-bond donors (Lipinski definition) is 0. The standard InChI is InChI=1S/C50H34/c1-4-16-33(17-5-1)37-31-45(34-18-6-2-7-19-34)50(46(32-37)35-20-8-3-9-21-35)49-43-27-15-12-24-40(43)47-30-36(28-29-44(47)49)48-41-25-13-10-22-38(41)39-23-11-14-26-42(39)48/h1-32,48-49H/i31D,32D. The van der Waals surface area contributed by atoms with Gasteiger partial charge >= 0.3 is 0 Å². The summed E-state index contributed by atoms with van der Waals surface area (Å²) in [7, 11) is 0. The molecule has 10 rings (SSSR count). The highest BCUT2D eigenvalue weighted by Gasteiger charge is 2.36. The van der Waals surface area contributed by atoms with Gasteiger partial charge in [0.25, 0.3) is 0 Å². The second-order valence-corrected chi connectivity index (χ2v) is 13.4. The molecule has 1 atom stereocenters. The molecule has 0 bridgehead atoms. The van der Waals surface area contributed by atoms with Crippen molar-refractivity contribution in [3.05, 3.63) is 227 Å². The zero-order chi connectivity index (χ0) is 34.8. The van der Waals surface area contributed by atoms with Crippen molar-refractivity contribution in [2.75, 3.05) is 0 Å². The lowest BCUT2D eigenvalue weighted by molar-refractivity contribution is 0.996. The van der Waals surface area contributed by atoms with Crippen LogP contribution >= 0.6 is 0 Å². The highest BCUT2D eigenvalue weighted by Crippen LogP contribution is 2.55. The van der Waals surface area contributed by atoms with Crippen molar-refractivity contribution >= 4 is 0 Å². The van der Waals surface area contributed by atoms with E-state index < -0.39 is 0 Å². The van der Waals surface area contributed by atoms with E-state index in [1.54, 1.807) is 0 Å². The van der Waals surface area contributed by atoms with Crippen LogP contribution in [-0.2, 0) is 0 Å². The summed E-state index contributed by atoms with van der Waals surface area (Å²) in [5.41, 5.74) is 17.7. The van der Waals surface area contributed by atoms with E-state index >= 15 is 0 Å². The molecule has 8 aromatic rings. The zero-order valence-corrected chi connectivity index (χ0v) is 27.5. The van der Waals surface area contributed by atoms with Crippen LogP contribution in [0.15, 0.2) is 194 Å². The topological polar surface area (TPSA) is 0 Å². The third-order valence-electron chi connectivity index (χ3n) is 10.6. The van der Waals surface area contributed by atoms with Crippen LogP contribution in [0.25, 0.3) is 55.6 Å². The maximum atomic E-state index is 9.96. The molecule has 0 N–H and O–H groups in total. The Bertz CT molecular complexity index is 2530. The fraction of sp³-hybridized carbons (Fsp3) is 0.0400. The highest BCUT2D eigenvalue weighted by molar-refractivity contribution is 5.91. The molecule has 0 amide bonds. The normalized spacial score (nSPS) is 14.7. The molecule has 0 aromatic heterocycles. The van der Waals surface area contributed by atoms with E-state index in [0.717, 1.165) is 33.4 Å². The molecule has 1 unspecified atom stereocenters. The van der Waals surface area contributed by atoms with Crippen molar-refractivity contribution in [1.29, 1.82) is 0 Å². The van der Waals surface area contributed by atoms with Gasteiger partial charge in [0, 0.05) is 11.8 Å². The Kier molecular flexibility index (Phi) is 6.26. The fourth-order valence-corrected chi connectivity index (χ4v) is 8.47. The van der Waals surface area contributed by atoms with E-state index in [2.05, 4.69) is 140 Å². The summed E-state index contributed by atoms with van der Waals surface area (Å²) < 4.78 is 19.9. The van der Waals surface area contributed by atoms with Crippen molar-refractivity contribution in [2.24, 2.45) is 0 Å².